The van der Waals surface area contributed by atoms with Gasteiger partial charge in [0, 0.05) is 0 Å². The highest BCUT2D eigenvalue weighted by Gasteiger charge is 2.12. The lowest BCUT2D eigenvalue weighted by Gasteiger charge is -2.29. The number of unbranched alkanes of at least 4 members (excludes halogenated alkanes) is 8. The molecule has 0 saturated carbocycles. The summed E-state index contributed by atoms with van der Waals surface area (Å²) in [5.74, 6) is 0. The van der Waals surface area contributed by atoms with Crippen LogP contribution in [0, 0.1) is 0 Å². The standard InChI is InChI=1S/C22H44N/c1-5-7-9-11-13-15-17-19-21-23(3,4)22-20-18-16-14-12-10-8-6-2/h11-14H,5-10,15-22H2,1-4H3/q+1/b13-11+,14-12+. The zero-order valence-corrected chi connectivity index (χ0v) is 16.7. The number of rotatable bonds is 16. The lowest BCUT2D eigenvalue weighted by atomic mass is 10.1. The Morgan fingerprint density at radius 3 is 1.22 bits per heavy atom. The number of hydrogen-bond acceptors (Lipinski definition) is 0. The maximum absolute atomic E-state index is 2.40. The number of allylic oxidation sites excluding steroid dienone is 4. The van der Waals surface area contributed by atoms with E-state index in [1.807, 2.05) is 0 Å². The first-order valence-corrected chi connectivity index (χ1v) is 10.2. The van der Waals surface area contributed by atoms with Crippen LogP contribution in [0.2, 0.25) is 0 Å². The van der Waals surface area contributed by atoms with Gasteiger partial charge in [0.25, 0.3) is 0 Å². The fourth-order valence-electron chi connectivity index (χ4n) is 2.83. The minimum atomic E-state index is 1.19. The topological polar surface area (TPSA) is 0 Å². The van der Waals surface area contributed by atoms with E-state index in [-0.39, 0.29) is 0 Å². The largest absolute Gasteiger partial charge is 0.328 e. The summed E-state index contributed by atoms with van der Waals surface area (Å²) >= 11 is 0. The zero-order valence-electron chi connectivity index (χ0n) is 16.7. The van der Waals surface area contributed by atoms with E-state index < -0.39 is 0 Å². The molecular formula is C22H44N+. The summed E-state index contributed by atoms with van der Waals surface area (Å²) in [7, 11) is 4.79. The molecule has 0 aromatic heterocycles. The molecule has 0 spiro atoms. The zero-order chi connectivity index (χ0) is 17.2. The molecule has 0 amide bonds. The predicted molar refractivity (Wildman–Crippen MR) is 107 cm³/mol. The van der Waals surface area contributed by atoms with Gasteiger partial charge in [0.05, 0.1) is 27.2 Å². The monoisotopic (exact) mass is 322 g/mol. The minimum Gasteiger partial charge on any atom is -0.328 e. The fourth-order valence-corrected chi connectivity index (χ4v) is 2.83. The third kappa shape index (κ3) is 17.6. The van der Waals surface area contributed by atoms with Crippen molar-refractivity contribution in [3.8, 4) is 0 Å². The van der Waals surface area contributed by atoms with Crippen LogP contribution >= 0.6 is 0 Å². The minimum absolute atomic E-state index is 1.19. The average molecular weight is 323 g/mol. The van der Waals surface area contributed by atoms with Crippen LogP contribution in [-0.4, -0.2) is 31.7 Å². The van der Waals surface area contributed by atoms with Crippen molar-refractivity contribution in [2.45, 2.75) is 90.9 Å². The maximum Gasteiger partial charge on any atom is 0.0782 e. The predicted octanol–water partition coefficient (Wildman–Crippen LogP) is 6.90. The van der Waals surface area contributed by atoms with E-state index in [2.05, 4.69) is 52.2 Å². The lowest BCUT2D eigenvalue weighted by Crippen LogP contribution is -2.41. The van der Waals surface area contributed by atoms with Gasteiger partial charge in [-0.1, -0.05) is 63.8 Å². The highest BCUT2D eigenvalue weighted by Crippen LogP contribution is 2.09. The third-order valence-corrected chi connectivity index (χ3v) is 4.55. The van der Waals surface area contributed by atoms with Crippen molar-refractivity contribution in [1.29, 1.82) is 0 Å². The third-order valence-electron chi connectivity index (χ3n) is 4.55. The molecular weight excluding hydrogens is 278 g/mol. The van der Waals surface area contributed by atoms with Crippen LogP contribution < -0.4 is 0 Å². The van der Waals surface area contributed by atoms with Crippen LogP contribution in [0.3, 0.4) is 0 Å². The molecule has 0 aromatic rings. The first-order valence-electron chi connectivity index (χ1n) is 10.2. The second-order valence-corrected chi connectivity index (χ2v) is 7.60. The molecule has 0 radical (unpaired) electrons. The first kappa shape index (κ1) is 22.4. The van der Waals surface area contributed by atoms with Gasteiger partial charge in [0.15, 0.2) is 0 Å². The van der Waals surface area contributed by atoms with Crippen LogP contribution in [-0.2, 0) is 0 Å². The van der Waals surface area contributed by atoms with Gasteiger partial charge >= 0.3 is 0 Å². The Balaban J connectivity index is 3.50. The summed E-state index contributed by atoms with van der Waals surface area (Å²) in [4.78, 5) is 0. The van der Waals surface area contributed by atoms with Crippen molar-refractivity contribution < 1.29 is 4.48 Å². The van der Waals surface area contributed by atoms with Crippen LogP contribution in [0.15, 0.2) is 24.3 Å². The summed E-state index contributed by atoms with van der Waals surface area (Å²) < 4.78 is 1.19. The van der Waals surface area contributed by atoms with Gasteiger partial charge in [0.1, 0.15) is 0 Å². The molecule has 0 aliphatic carbocycles. The number of nitrogens with zero attached hydrogens (tertiary/aromatic N) is 1. The molecule has 0 saturated heterocycles. The fraction of sp³-hybridized carbons (Fsp3) is 0.818. The van der Waals surface area contributed by atoms with Crippen molar-refractivity contribution in [3.63, 3.8) is 0 Å². The number of hydrogen-bond donors (Lipinski definition) is 0. The van der Waals surface area contributed by atoms with E-state index in [9.17, 15) is 0 Å². The Hall–Kier alpha value is -0.560. The Morgan fingerprint density at radius 1 is 0.522 bits per heavy atom. The normalized spacial score (nSPS) is 12.7. The second-order valence-electron chi connectivity index (χ2n) is 7.60. The Bertz CT molecular complexity index is 260. The molecule has 1 nitrogen and oxygen atoms in total. The molecule has 23 heavy (non-hydrogen) atoms. The van der Waals surface area contributed by atoms with Crippen LogP contribution in [0.5, 0.6) is 0 Å². The highest BCUT2D eigenvalue weighted by atomic mass is 15.3. The quantitative estimate of drug-likeness (QED) is 0.165. The van der Waals surface area contributed by atoms with Crippen LogP contribution in [0.1, 0.15) is 90.9 Å². The van der Waals surface area contributed by atoms with Crippen molar-refractivity contribution in [2.75, 3.05) is 27.2 Å². The summed E-state index contributed by atoms with van der Waals surface area (Å²) in [6.45, 7) is 7.18. The molecule has 0 N–H and O–H groups in total. The number of quaternary nitrogens is 1. The van der Waals surface area contributed by atoms with E-state index in [1.165, 1.54) is 94.6 Å². The molecule has 0 atom stereocenters. The average Bonchev–Trinajstić information content (AvgIpc) is 2.52. The van der Waals surface area contributed by atoms with Crippen molar-refractivity contribution in [1.82, 2.24) is 0 Å². The van der Waals surface area contributed by atoms with Crippen molar-refractivity contribution in [2.24, 2.45) is 0 Å². The molecule has 0 heterocycles. The maximum atomic E-state index is 2.40. The summed E-state index contributed by atoms with van der Waals surface area (Å²) in [6.07, 6.45) is 25.3. The Labute approximate surface area is 147 Å². The molecule has 0 aromatic carbocycles. The SMILES string of the molecule is CCCC/C=C/CCCC[N+](C)(C)CCCC/C=C/CCCC. The highest BCUT2D eigenvalue weighted by molar-refractivity contribution is 4.81. The van der Waals surface area contributed by atoms with E-state index in [4.69, 9.17) is 0 Å². The molecule has 0 aliphatic rings. The molecule has 1 heteroatoms. The van der Waals surface area contributed by atoms with Crippen molar-refractivity contribution in [3.05, 3.63) is 24.3 Å². The molecule has 136 valence electrons. The van der Waals surface area contributed by atoms with Crippen LogP contribution in [0.25, 0.3) is 0 Å². The van der Waals surface area contributed by atoms with Gasteiger partial charge in [0.2, 0.25) is 0 Å². The first-order chi connectivity index (χ1) is 11.1. The summed E-state index contributed by atoms with van der Waals surface area (Å²) in [6, 6.07) is 0. The van der Waals surface area contributed by atoms with Crippen LogP contribution in [0.4, 0.5) is 0 Å². The van der Waals surface area contributed by atoms with Gasteiger partial charge in [-0.05, 0) is 51.4 Å². The van der Waals surface area contributed by atoms with Gasteiger partial charge in [-0.2, -0.15) is 0 Å². The van der Waals surface area contributed by atoms with Gasteiger partial charge in [-0.3, -0.25) is 0 Å². The molecule has 0 rings (SSSR count). The van der Waals surface area contributed by atoms with Gasteiger partial charge < -0.3 is 4.48 Å². The second kappa shape index (κ2) is 16.3. The smallest absolute Gasteiger partial charge is 0.0782 e. The van der Waals surface area contributed by atoms with E-state index >= 15 is 0 Å². The summed E-state index contributed by atoms with van der Waals surface area (Å²) in [5, 5.41) is 0. The van der Waals surface area contributed by atoms with E-state index in [0.717, 1.165) is 0 Å². The van der Waals surface area contributed by atoms with Gasteiger partial charge in [-0.25, -0.2) is 0 Å². The van der Waals surface area contributed by atoms with E-state index in [0.29, 0.717) is 0 Å². The summed E-state index contributed by atoms with van der Waals surface area (Å²) in [5.41, 5.74) is 0. The Kier molecular flexibility index (Phi) is 15.9. The molecule has 0 fully saturated rings. The Morgan fingerprint density at radius 2 is 0.870 bits per heavy atom. The molecule has 0 bridgehead atoms. The molecule has 0 unspecified atom stereocenters. The van der Waals surface area contributed by atoms with E-state index in [1.54, 1.807) is 0 Å². The van der Waals surface area contributed by atoms with Crippen molar-refractivity contribution >= 4 is 0 Å². The lowest BCUT2D eigenvalue weighted by molar-refractivity contribution is -0.890. The van der Waals surface area contributed by atoms with Gasteiger partial charge in [-0.15, -0.1) is 0 Å². The molecule has 0 aliphatic heterocycles.